The van der Waals surface area contributed by atoms with Crippen molar-refractivity contribution < 1.29 is 14.4 Å². The van der Waals surface area contributed by atoms with Gasteiger partial charge in [0.05, 0.1) is 16.8 Å². The van der Waals surface area contributed by atoms with Gasteiger partial charge >= 0.3 is 0 Å². The number of hydrogen-bond acceptors (Lipinski definition) is 5. The van der Waals surface area contributed by atoms with Crippen LogP contribution in [-0.2, 0) is 10.2 Å². The third-order valence-corrected chi connectivity index (χ3v) is 9.37. The van der Waals surface area contributed by atoms with E-state index in [1.807, 2.05) is 84.0 Å². The molecule has 0 aliphatic carbocycles. The lowest BCUT2D eigenvalue weighted by atomic mass is 9.64. The van der Waals surface area contributed by atoms with Gasteiger partial charge in [0, 0.05) is 22.0 Å². The van der Waals surface area contributed by atoms with Gasteiger partial charge < -0.3 is 10.2 Å². The van der Waals surface area contributed by atoms with E-state index in [4.69, 9.17) is 11.6 Å². The van der Waals surface area contributed by atoms with Gasteiger partial charge in [-0.25, -0.2) is 0 Å². The Kier molecular flexibility index (Phi) is 5.41. The number of carbonyl (C=O) groups is 3. The Bertz CT molecular complexity index is 1690. The van der Waals surface area contributed by atoms with E-state index in [9.17, 15) is 14.4 Å². The number of fused-ring (bicyclic) bond motifs is 6. The Balaban J connectivity index is 1.54. The van der Waals surface area contributed by atoms with Crippen molar-refractivity contribution in [3.63, 3.8) is 0 Å². The number of ketones is 2. The van der Waals surface area contributed by atoms with E-state index in [2.05, 4.69) is 5.32 Å². The second-order valence-corrected chi connectivity index (χ2v) is 11.7. The Morgan fingerprint density at radius 1 is 0.974 bits per heavy atom. The molecule has 0 bridgehead atoms. The minimum absolute atomic E-state index is 0.175. The summed E-state index contributed by atoms with van der Waals surface area (Å²) in [6.45, 7) is 1.96. The van der Waals surface area contributed by atoms with Crippen LogP contribution in [0.1, 0.15) is 36.7 Å². The summed E-state index contributed by atoms with van der Waals surface area (Å²) < 4.78 is 0. The maximum atomic E-state index is 14.7. The van der Waals surface area contributed by atoms with Crippen molar-refractivity contribution in [2.75, 3.05) is 10.2 Å². The standard InChI is InChI=1S/C32H23ClN2O3S/c1-18-8-10-19(11-9-18)29(36)27-28(30(37)25-7-4-16-39-25)35-24-14-13-21(33)17-20(24)12-15-26(35)32(27)22-5-2-3-6-23(22)34-31(32)38/h2-17,26-28H,1H3,(H,34,38)/t26-,27+,28+,32-/m1/s1. The van der Waals surface area contributed by atoms with Crippen LogP contribution in [0.25, 0.3) is 6.08 Å². The number of hydrogen-bond donors (Lipinski definition) is 1. The maximum Gasteiger partial charge on any atom is 0.238 e. The molecule has 7 rings (SSSR count). The van der Waals surface area contributed by atoms with Crippen molar-refractivity contribution in [1.82, 2.24) is 0 Å². The van der Waals surface area contributed by atoms with Crippen LogP contribution in [0, 0.1) is 12.8 Å². The number of carbonyl (C=O) groups excluding carboxylic acids is 3. The summed E-state index contributed by atoms with van der Waals surface area (Å²) in [5.74, 6) is -1.65. The third-order valence-electron chi connectivity index (χ3n) is 8.25. The number of anilines is 2. The summed E-state index contributed by atoms with van der Waals surface area (Å²) in [6, 6.07) is 22.5. The number of nitrogens with one attached hydrogen (secondary N) is 1. The zero-order valence-corrected chi connectivity index (χ0v) is 22.5. The highest BCUT2D eigenvalue weighted by atomic mass is 35.5. The molecule has 1 fully saturated rings. The monoisotopic (exact) mass is 550 g/mol. The molecular formula is C32H23ClN2O3S. The molecule has 1 aromatic heterocycles. The second kappa shape index (κ2) is 8.76. The number of thiophene rings is 1. The summed E-state index contributed by atoms with van der Waals surface area (Å²) in [5.41, 5.74) is 3.21. The summed E-state index contributed by atoms with van der Waals surface area (Å²) in [6.07, 6.45) is 3.90. The number of benzene rings is 3. The molecule has 5 nitrogen and oxygen atoms in total. The van der Waals surface area contributed by atoms with Crippen LogP contribution >= 0.6 is 22.9 Å². The molecule has 0 saturated carbocycles. The number of aryl methyl sites for hydroxylation is 1. The van der Waals surface area contributed by atoms with Gasteiger partial charge in [-0.15, -0.1) is 11.3 Å². The predicted molar refractivity (Wildman–Crippen MR) is 155 cm³/mol. The van der Waals surface area contributed by atoms with E-state index in [0.717, 1.165) is 22.4 Å². The molecule has 3 aliphatic heterocycles. The Labute approximate surface area is 234 Å². The fourth-order valence-corrected chi connectivity index (χ4v) is 7.49. The number of Topliss-reactive ketones (excluding diaryl/α,β-unsaturated/α-hetero) is 2. The van der Waals surface area contributed by atoms with E-state index in [-0.39, 0.29) is 17.5 Å². The van der Waals surface area contributed by atoms with E-state index < -0.39 is 23.4 Å². The molecular weight excluding hydrogens is 528 g/mol. The predicted octanol–water partition coefficient (Wildman–Crippen LogP) is 6.57. The first-order valence-corrected chi connectivity index (χ1v) is 14.0. The molecule has 4 heterocycles. The SMILES string of the molecule is Cc1ccc(C(=O)[C@@H]2[C@@H](C(=O)c3cccs3)N3c4ccc(Cl)cc4C=C[C@@H]3[C@@]23C(=O)Nc2ccccc23)cc1. The van der Waals surface area contributed by atoms with E-state index in [1.165, 1.54) is 11.3 Å². The highest BCUT2D eigenvalue weighted by Gasteiger charge is 2.70. The molecule has 192 valence electrons. The average Bonchev–Trinajstić information content (AvgIpc) is 3.65. The smallest absolute Gasteiger partial charge is 0.238 e. The van der Waals surface area contributed by atoms with Gasteiger partial charge in [0.1, 0.15) is 11.5 Å². The largest absolute Gasteiger partial charge is 0.352 e. The number of nitrogens with zero attached hydrogens (tertiary/aromatic N) is 1. The van der Waals surface area contributed by atoms with Crippen molar-refractivity contribution >= 4 is 57.9 Å². The average molecular weight is 551 g/mol. The van der Waals surface area contributed by atoms with Gasteiger partial charge in [0.2, 0.25) is 5.91 Å². The fourth-order valence-electron chi connectivity index (χ4n) is 6.61. The Hall–Kier alpha value is -4.00. The van der Waals surface area contributed by atoms with Crippen LogP contribution in [0.3, 0.4) is 0 Å². The van der Waals surface area contributed by atoms with Crippen molar-refractivity contribution in [2.45, 2.75) is 24.4 Å². The van der Waals surface area contributed by atoms with Crippen LogP contribution in [-0.4, -0.2) is 29.6 Å². The minimum Gasteiger partial charge on any atom is -0.352 e. The summed E-state index contributed by atoms with van der Waals surface area (Å²) in [7, 11) is 0. The van der Waals surface area contributed by atoms with Crippen LogP contribution < -0.4 is 10.2 Å². The molecule has 1 amide bonds. The topological polar surface area (TPSA) is 66.5 Å². The second-order valence-electron chi connectivity index (χ2n) is 10.3. The van der Waals surface area contributed by atoms with E-state index >= 15 is 0 Å². The van der Waals surface area contributed by atoms with Gasteiger partial charge in [-0.3, -0.25) is 14.4 Å². The lowest BCUT2D eigenvalue weighted by Gasteiger charge is -2.37. The van der Waals surface area contributed by atoms with Crippen LogP contribution in [0.5, 0.6) is 0 Å². The highest BCUT2D eigenvalue weighted by molar-refractivity contribution is 7.12. The van der Waals surface area contributed by atoms with E-state index in [0.29, 0.717) is 21.2 Å². The molecule has 4 atom stereocenters. The van der Waals surface area contributed by atoms with Gasteiger partial charge in [-0.2, -0.15) is 0 Å². The molecule has 3 aliphatic rings. The lowest BCUT2D eigenvalue weighted by molar-refractivity contribution is -0.121. The zero-order valence-electron chi connectivity index (χ0n) is 20.9. The van der Waals surface area contributed by atoms with Crippen molar-refractivity contribution in [3.05, 3.63) is 122 Å². The van der Waals surface area contributed by atoms with Crippen LogP contribution in [0.2, 0.25) is 5.02 Å². The van der Waals surface area contributed by atoms with Crippen LogP contribution in [0.15, 0.2) is 90.3 Å². The first kappa shape index (κ1) is 24.1. The fraction of sp³-hybridized carbons (Fsp3) is 0.156. The number of amides is 1. The Morgan fingerprint density at radius 3 is 2.54 bits per heavy atom. The molecule has 3 aromatic carbocycles. The van der Waals surface area contributed by atoms with Gasteiger partial charge in [-0.05, 0) is 53.8 Å². The third kappa shape index (κ3) is 3.35. The van der Waals surface area contributed by atoms with Gasteiger partial charge in [0.25, 0.3) is 0 Å². The molecule has 1 N–H and O–H groups in total. The summed E-state index contributed by atoms with van der Waals surface area (Å²) in [4.78, 5) is 45.9. The first-order chi connectivity index (χ1) is 18.9. The van der Waals surface area contributed by atoms with Crippen LogP contribution in [0.4, 0.5) is 11.4 Å². The molecule has 1 saturated heterocycles. The quantitative estimate of drug-likeness (QED) is 0.292. The van der Waals surface area contributed by atoms with Crippen molar-refractivity contribution in [1.29, 1.82) is 0 Å². The zero-order chi connectivity index (χ0) is 26.9. The maximum absolute atomic E-state index is 14.7. The minimum atomic E-state index is -1.32. The molecule has 39 heavy (non-hydrogen) atoms. The number of halogens is 1. The van der Waals surface area contributed by atoms with Gasteiger partial charge in [0.15, 0.2) is 11.6 Å². The molecule has 1 spiro atoms. The van der Waals surface area contributed by atoms with Gasteiger partial charge in [-0.1, -0.05) is 77.8 Å². The van der Waals surface area contributed by atoms with E-state index in [1.54, 1.807) is 24.3 Å². The lowest BCUT2D eigenvalue weighted by Crippen LogP contribution is -2.51. The number of rotatable bonds is 4. The molecule has 0 radical (unpaired) electrons. The molecule has 7 heteroatoms. The summed E-state index contributed by atoms with van der Waals surface area (Å²) >= 11 is 7.69. The first-order valence-electron chi connectivity index (χ1n) is 12.8. The molecule has 0 unspecified atom stereocenters. The number of para-hydroxylation sites is 1. The van der Waals surface area contributed by atoms with Crippen molar-refractivity contribution in [3.8, 4) is 0 Å². The Morgan fingerprint density at radius 2 is 1.77 bits per heavy atom. The molecule has 4 aromatic rings. The summed E-state index contributed by atoms with van der Waals surface area (Å²) in [5, 5.41) is 5.48. The highest BCUT2D eigenvalue weighted by Crippen LogP contribution is 2.58. The normalized spacial score (nSPS) is 24.3. The van der Waals surface area contributed by atoms with Crippen molar-refractivity contribution in [2.24, 2.45) is 5.92 Å².